The Kier molecular flexibility index (Phi) is 3.09. The Morgan fingerprint density at radius 3 is 2.75 bits per heavy atom. The number of allylic oxidation sites excluding steroid dienone is 5. The van der Waals surface area contributed by atoms with Crippen molar-refractivity contribution in [3.05, 3.63) is 47.8 Å². The highest BCUT2D eigenvalue weighted by molar-refractivity contribution is 5.79. The molecule has 0 unspecified atom stereocenters. The first-order chi connectivity index (χ1) is 7.76. The van der Waals surface area contributed by atoms with Crippen LogP contribution in [0.15, 0.2) is 36.4 Å². The number of hydrogen-bond donors (Lipinski definition) is 1. The van der Waals surface area contributed by atoms with E-state index in [2.05, 4.69) is 41.9 Å². The average Bonchev–Trinajstić information content (AvgIpc) is 3.01. The summed E-state index contributed by atoms with van der Waals surface area (Å²) in [6, 6.07) is 2.08. The zero-order valence-corrected chi connectivity index (χ0v) is 9.96. The van der Waals surface area contributed by atoms with Crippen molar-refractivity contribution in [2.45, 2.75) is 26.7 Å². The van der Waals surface area contributed by atoms with Crippen molar-refractivity contribution < 1.29 is 0 Å². The van der Waals surface area contributed by atoms with Gasteiger partial charge in [0.05, 0.1) is 5.69 Å². The fourth-order valence-corrected chi connectivity index (χ4v) is 2.01. The summed E-state index contributed by atoms with van der Waals surface area (Å²) in [5, 5.41) is 7.33. The first kappa shape index (κ1) is 10.9. The minimum absolute atomic E-state index is 0.730. The van der Waals surface area contributed by atoms with Crippen molar-refractivity contribution in [2.24, 2.45) is 5.92 Å². The van der Waals surface area contributed by atoms with Crippen LogP contribution in [0.3, 0.4) is 0 Å². The zero-order valence-electron chi connectivity index (χ0n) is 9.96. The fraction of sp³-hybridized carbons (Fsp3) is 0.357. The van der Waals surface area contributed by atoms with Crippen molar-refractivity contribution >= 4 is 5.57 Å². The third-order valence-corrected chi connectivity index (χ3v) is 2.91. The van der Waals surface area contributed by atoms with Crippen molar-refractivity contribution in [1.82, 2.24) is 10.2 Å². The summed E-state index contributed by atoms with van der Waals surface area (Å²) >= 11 is 0. The molecule has 16 heavy (non-hydrogen) atoms. The summed E-state index contributed by atoms with van der Waals surface area (Å²) in [5.74, 6) is 0.730. The van der Waals surface area contributed by atoms with E-state index in [9.17, 15) is 0 Å². The Morgan fingerprint density at radius 1 is 1.56 bits per heavy atom. The Morgan fingerprint density at radius 2 is 2.31 bits per heavy atom. The number of nitrogens with one attached hydrogen (secondary N) is 1. The molecule has 1 aliphatic carbocycles. The molecule has 0 radical (unpaired) electrons. The highest BCUT2D eigenvalue weighted by Gasteiger charge is 2.28. The van der Waals surface area contributed by atoms with Crippen molar-refractivity contribution in [2.75, 3.05) is 0 Å². The summed E-state index contributed by atoms with van der Waals surface area (Å²) in [5.41, 5.74) is 4.74. The maximum Gasteiger partial charge on any atom is 0.0926 e. The lowest BCUT2D eigenvalue weighted by Crippen LogP contribution is -1.92. The number of rotatable bonds is 4. The van der Waals surface area contributed by atoms with Crippen LogP contribution < -0.4 is 0 Å². The summed E-state index contributed by atoms with van der Waals surface area (Å²) < 4.78 is 0. The summed E-state index contributed by atoms with van der Waals surface area (Å²) in [4.78, 5) is 0. The van der Waals surface area contributed by atoms with E-state index in [0.29, 0.717) is 0 Å². The van der Waals surface area contributed by atoms with Crippen LogP contribution in [0, 0.1) is 12.8 Å². The molecule has 0 amide bonds. The van der Waals surface area contributed by atoms with E-state index in [1.807, 2.05) is 13.0 Å². The van der Waals surface area contributed by atoms with Crippen LogP contribution in [0.5, 0.6) is 0 Å². The molecule has 0 aromatic carbocycles. The van der Waals surface area contributed by atoms with E-state index in [0.717, 1.165) is 17.3 Å². The molecule has 1 aliphatic rings. The van der Waals surface area contributed by atoms with Gasteiger partial charge in [0.15, 0.2) is 0 Å². The van der Waals surface area contributed by atoms with Gasteiger partial charge in [-0.2, -0.15) is 5.10 Å². The molecule has 0 bridgehead atoms. The van der Waals surface area contributed by atoms with Gasteiger partial charge in [0.2, 0.25) is 0 Å². The monoisotopic (exact) mass is 214 g/mol. The van der Waals surface area contributed by atoms with Crippen molar-refractivity contribution in [1.29, 1.82) is 0 Å². The number of aryl methyl sites for hydroxylation is 1. The van der Waals surface area contributed by atoms with E-state index in [4.69, 9.17) is 0 Å². The molecule has 2 nitrogen and oxygen atoms in total. The van der Waals surface area contributed by atoms with Crippen LogP contribution in [0.1, 0.15) is 31.2 Å². The molecule has 1 aromatic heterocycles. The fourth-order valence-electron chi connectivity index (χ4n) is 2.01. The largest absolute Gasteiger partial charge is 0.282 e. The van der Waals surface area contributed by atoms with Crippen LogP contribution in [-0.4, -0.2) is 10.2 Å². The molecule has 0 saturated heterocycles. The van der Waals surface area contributed by atoms with Gasteiger partial charge in [-0.3, -0.25) is 5.10 Å². The zero-order chi connectivity index (χ0) is 11.5. The summed E-state index contributed by atoms with van der Waals surface area (Å²) in [6.45, 7) is 7.91. The molecule has 1 N–H and O–H groups in total. The van der Waals surface area contributed by atoms with Gasteiger partial charge in [-0.05, 0) is 44.2 Å². The Bertz CT molecular complexity index is 445. The lowest BCUT2D eigenvalue weighted by Gasteiger charge is -2.07. The minimum Gasteiger partial charge on any atom is -0.282 e. The number of aromatic nitrogens is 2. The van der Waals surface area contributed by atoms with Gasteiger partial charge < -0.3 is 0 Å². The number of hydrogen-bond acceptors (Lipinski definition) is 1. The van der Waals surface area contributed by atoms with Crippen molar-refractivity contribution in [3.63, 3.8) is 0 Å². The standard InChI is InChI=1S/C14H18N2/c1-4-6-13(12(5-2)11-7-8-11)14-9-10(3)15-16-14/h4-6,9,11H,1,7-8H2,2-3H3,(H,15,16)/b12-5-,13-6+. The third kappa shape index (κ3) is 2.16. The molecular formula is C14H18N2. The lowest BCUT2D eigenvalue weighted by molar-refractivity contribution is 1.01. The van der Waals surface area contributed by atoms with Crippen LogP contribution in [0.25, 0.3) is 5.57 Å². The molecular weight excluding hydrogens is 196 g/mol. The smallest absolute Gasteiger partial charge is 0.0926 e. The van der Waals surface area contributed by atoms with Gasteiger partial charge in [-0.1, -0.05) is 24.8 Å². The Balaban J connectivity index is 2.37. The van der Waals surface area contributed by atoms with E-state index >= 15 is 0 Å². The predicted octanol–water partition coefficient (Wildman–Crippen LogP) is 3.64. The number of H-pyrrole nitrogens is 1. The van der Waals surface area contributed by atoms with Gasteiger partial charge in [0, 0.05) is 11.3 Å². The van der Waals surface area contributed by atoms with E-state index < -0.39 is 0 Å². The highest BCUT2D eigenvalue weighted by Crippen LogP contribution is 2.42. The molecule has 1 aromatic rings. The molecule has 2 rings (SSSR count). The quantitative estimate of drug-likeness (QED) is 0.761. The first-order valence-corrected chi connectivity index (χ1v) is 5.78. The second-order valence-corrected chi connectivity index (χ2v) is 4.27. The van der Waals surface area contributed by atoms with Crippen LogP contribution >= 0.6 is 0 Å². The van der Waals surface area contributed by atoms with E-state index in [1.165, 1.54) is 24.0 Å². The predicted molar refractivity (Wildman–Crippen MR) is 68.0 cm³/mol. The maximum atomic E-state index is 4.33. The average molecular weight is 214 g/mol. The highest BCUT2D eigenvalue weighted by atomic mass is 15.1. The Labute approximate surface area is 96.8 Å². The maximum absolute atomic E-state index is 4.33. The summed E-state index contributed by atoms with van der Waals surface area (Å²) in [7, 11) is 0. The van der Waals surface area contributed by atoms with Gasteiger partial charge >= 0.3 is 0 Å². The first-order valence-electron chi connectivity index (χ1n) is 5.78. The lowest BCUT2D eigenvalue weighted by atomic mass is 9.98. The van der Waals surface area contributed by atoms with Gasteiger partial charge in [0.25, 0.3) is 0 Å². The molecule has 1 saturated carbocycles. The van der Waals surface area contributed by atoms with Gasteiger partial charge in [-0.25, -0.2) is 0 Å². The minimum atomic E-state index is 0.730. The van der Waals surface area contributed by atoms with E-state index in [-0.39, 0.29) is 0 Å². The SMILES string of the molecule is C=C/C=C(\C(=C/C)C1CC1)c1cc(C)[nH]n1. The molecule has 0 aliphatic heterocycles. The van der Waals surface area contributed by atoms with Crippen LogP contribution in [0.2, 0.25) is 0 Å². The number of nitrogens with zero attached hydrogens (tertiary/aromatic N) is 1. The summed E-state index contributed by atoms with van der Waals surface area (Å²) in [6.07, 6.45) is 8.71. The van der Waals surface area contributed by atoms with E-state index in [1.54, 1.807) is 0 Å². The van der Waals surface area contributed by atoms with Crippen LogP contribution in [-0.2, 0) is 0 Å². The molecule has 1 fully saturated rings. The third-order valence-electron chi connectivity index (χ3n) is 2.91. The molecule has 1 heterocycles. The van der Waals surface area contributed by atoms with Crippen molar-refractivity contribution in [3.8, 4) is 0 Å². The van der Waals surface area contributed by atoms with Gasteiger partial charge in [0.1, 0.15) is 0 Å². The molecule has 84 valence electrons. The molecule has 0 atom stereocenters. The molecule has 0 spiro atoms. The number of aromatic amines is 1. The second-order valence-electron chi connectivity index (χ2n) is 4.27. The normalized spacial score (nSPS) is 17.6. The van der Waals surface area contributed by atoms with Crippen LogP contribution in [0.4, 0.5) is 0 Å². The van der Waals surface area contributed by atoms with Gasteiger partial charge in [-0.15, -0.1) is 0 Å². The topological polar surface area (TPSA) is 28.7 Å². The molecule has 2 heteroatoms. The second kappa shape index (κ2) is 4.52. The Hall–Kier alpha value is -1.57.